The quantitative estimate of drug-likeness (QED) is 0.723. The van der Waals surface area contributed by atoms with Crippen LogP contribution in [-0.2, 0) is 9.59 Å². The first-order valence-electron chi connectivity index (χ1n) is 5.34. The summed E-state index contributed by atoms with van der Waals surface area (Å²) in [5.74, 6) is -1.10. The number of hydrogen-bond donors (Lipinski definition) is 2. The molecule has 1 aromatic rings. The van der Waals surface area contributed by atoms with Gasteiger partial charge in [-0.05, 0) is 17.7 Å². The zero-order chi connectivity index (χ0) is 12.4. The molecule has 90 valence electrons. The number of carbonyl (C=O) groups is 2. The summed E-state index contributed by atoms with van der Waals surface area (Å²) in [6.07, 6.45) is 0. The number of amides is 2. The third-order valence-electron chi connectivity index (χ3n) is 3.03. The number of rotatable bonds is 3. The van der Waals surface area contributed by atoms with E-state index in [1.165, 1.54) is 0 Å². The van der Waals surface area contributed by atoms with E-state index in [0.29, 0.717) is 6.54 Å². The van der Waals surface area contributed by atoms with Crippen LogP contribution in [0.1, 0.15) is 11.5 Å². The van der Waals surface area contributed by atoms with Crippen molar-refractivity contribution >= 4 is 11.8 Å². The Morgan fingerprint density at radius 1 is 1.41 bits per heavy atom. The predicted molar refractivity (Wildman–Crippen MR) is 61.4 cm³/mol. The van der Waals surface area contributed by atoms with Gasteiger partial charge in [-0.1, -0.05) is 12.1 Å². The number of hydrogen-bond acceptors (Lipinski definition) is 3. The molecule has 3 N–H and O–H groups in total. The molecule has 17 heavy (non-hydrogen) atoms. The van der Waals surface area contributed by atoms with Gasteiger partial charge >= 0.3 is 0 Å². The molecule has 2 rings (SSSR count). The smallest absolute Gasteiger partial charge is 0.233 e. The molecule has 0 bridgehead atoms. The van der Waals surface area contributed by atoms with Crippen molar-refractivity contribution in [1.82, 2.24) is 5.32 Å². The van der Waals surface area contributed by atoms with Gasteiger partial charge in [0.25, 0.3) is 0 Å². The second kappa shape index (κ2) is 4.45. The fourth-order valence-electron chi connectivity index (χ4n) is 2.11. The fraction of sp³-hybridized carbons (Fsp3) is 0.333. The first-order valence-corrected chi connectivity index (χ1v) is 5.34. The van der Waals surface area contributed by atoms with Gasteiger partial charge in [0.1, 0.15) is 11.7 Å². The van der Waals surface area contributed by atoms with Gasteiger partial charge in [-0.2, -0.15) is 0 Å². The third kappa shape index (κ3) is 2.08. The summed E-state index contributed by atoms with van der Waals surface area (Å²) in [6, 6.07) is 7.30. The molecule has 5 nitrogen and oxygen atoms in total. The van der Waals surface area contributed by atoms with Crippen molar-refractivity contribution in [2.45, 2.75) is 5.92 Å². The molecule has 0 aromatic heterocycles. The molecule has 0 radical (unpaired) electrons. The van der Waals surface area contributed by atoms with Crippen molar-refractivity contribution in [3.8, 4) is 5.75 Å². The molecule has 1 aromatic carbocycles. The van der Waals surface area contributed by atoms with E-state index in [-0.39, 0.29) is 11.8 Å². The Bertz CT molecular complexity index is 442. The molecule has 5 heteroatoms. The average molecular weight is 234 g/mol. The van der Waals surface area contributed by atoms with Crippen LogP contribution >= 0.6 is 0 Å². The van der Waals surface area contributed by atoms with Crippen LogP contribution in [-0.4, -0.2) is 25.5 Å². The normalized spacial score (nSPS) is 23.2. The molecule has 1 aliphatic heterocycles. The van der Waals surface area contributed by atoms with E-state index in [2.05, 4.69) is 5.32 Å². The van der Waals surface area contributed by atoms with Gasteiger partial charge in [-0.25, -0.2) is 0 Å². The number of methoxy groups -OCH3 is 1. The molecule has 2 atom stereocenters. The second-order valence-corrected chi connectivity index (χ2v) is 4.00. The maximum Gasteiger partial charge on any atom is 0.233 e. The Kier molecular flexibility index (Phi) is 2.99. The molecule has 0 spiro atoms. The molecular weight excluding hydrogens is 220 g/mol. The lowest BCUT2D eigenvalue weighted by Crippen LogP contribution is -2.32. The number of nitrogens with two attached hydrogens (primary N) is 1. The standard InChI is InChI=1S/C12H14N2O3/c1-17-8-4-2-7(3-5-8)9-6-14-12(16)10(9)11(13)15/h2-5,9-10H,6H2,1H3,(H2,13,15)(H,14,16). The monoisotopic (exact) mass is 234 g/mol. The van der Waals surface area contributed by atoms with Crippen LogP contribution < -0.4 is 15.8 Å². The van der Waals surface area contributed by atoms with Gasteiger partial charge < -0.3 is 15.8 Å². The van der Waals surface area contributed by atoms with Crippen molar-refractivity contribution < 1.29 is 14.3 Å². The van der Waals surface area contributed by atoms with Crippen molar-refractivity contribution in [2.24, 2.45) is 11.7 Å². The van der Waals surface area contributed by atoms with Gasteiger partial charge in [0, 0.05) is 12.5 Å². The molecule has 2 amide bonds. The van der Waals surface area contributed by atoms with E-state index in [0.717, 1.165) is 11.3 Å². The van der Waals surface area contributed by atoms with Crippen LogP contribution in [0.5, 0.6) is 5.75 Å². The summed E-state index contributed by atoms with van der Waals surface area (Å²) >= 11 is 0. The highest BCUT2D eigenvalue weighted by molar-refractivity contribution is 6.02. The largest absolute Gasteiger partial charge is 0.497 e. The maximum absolute atomic E-state index is 11.5. The third-order valence-corrected chi connectivity index (χ3v) is 3.03. The van der Waals surface area contributed by atoms with E-state index >= 15 is 0 Å². The molecular formula is C12H14N2O3. The van der Waals surface area contributed by atoms with Gasteiger partial charge in [-0.15, -0.1) is 0 Å². The van der Waals surface area contributed by atoms with Crippen LogP contribution in [0.2, 0.25) is 0 Å². The minimum Gasteiger partial charge on any atom is -0.497 e. The Labute approximate surface area is 98.9 Å². The molecule has 0 aliphatic carbocycles. The fourth-order valence-corrected chi connectivity index (χ4v) is 2.11. The van der Waals surface area contributed by atoms with E-state index in [1.54, 1.807) is 19.2 Å². The topological polar surface area (TPSA) is 81.4 Å². The van der Waals surface area contributed by atoms with E-state index < -0.39 is 11.8 Å². The van der Waals surface area contributed by atoms with Gasteiger partial charge in [0.05, 0.1) is 7.11 Å². The molecule has 2 unspecified atom stereocenters. The van der Waals surface area contributed by atoms with Crippen molar-refractivity contribution in [3.63, 3.8) is 0 Å². The first-order chi connectivity index (χ1) is 8.13. The molecule has 1 aliphatic rings. The summed E-state index contributed by atoms with van der Waals surface area (Å²) in [5, 5.41) is 2.66. The summed E-state index contributed by atoms with van der Waals surface area (Å²) in [6.45, 7) is 0.443. The summed E-state index contributed by atoms with van der Waals surface area (Å²) < 4.78 is 5.05. The van der Waals surface area contributed by atoms with Crippen molar-refractivity contribution in [2.75, 3.05) is 13.7 Å². The number of nitrogens with one attached hydrogen (secondary N) is 1. The Balaban J connectivity index is 2.26. The van der Waals surface area contributed by atoms with Crippen LogP contribution in [0.3, 0.4) is 0 Å². The first kappa shape index (κ1) is 11.4. The zero-order valence-electron chi connectivity index (χ0n) is 9.47. The molecule has 1 fully saturated rings. The zero-order valence-corrected chi connectivity index (χ0v) is 9.47. The number of primary amides is 1. The highest BCUT2D eigenvalue weighted by atomic mass is 16.5. The number of benzene rings is 1. The molecule has 1 heterocycles. The summed E-state index contributed by atoms with van der Waals surface area (Å²) in [4.78, 5) is 22.7. The maximum atomic E-state index is 11.5. The van der Waals surface area contributed by atoms with Crippen molar-refractivity contribution in [3.05, 3.63) is 29.8 Å². The molecule has 0 saturated carbocycles. The lowest BCUT2D eigenvalue weighted by Gasteiger charge is -2.14. The molecule has 1 saturated heterocycles. The summed E-state index contributed by atoms with van der Waals surface area (Å²) in [5.41, 5.74) is 6.16. The SMILES string of the molecule is COc1ccc(C2CNC(=O)C2C(N)=O)cc1. The predicted octanol–water partition coefficient (Wildman–Crippen LogP) is 0.0101. The minimum absolute atomic E-state index is 0.189. The lowest BCUT2D eigenvalue weighted by atomic mass is 9.88. The van der Waals surface area contributed by atoms with Crippen LogP contribution in [0.25, 0.3) is 0 Å². The average Bonchev–Trinajstić information content (AvgIpc) is 2.71. The second-order valence-electron chi connectivity index (χ2n) is 4.00. The Morgan fingerprint density at radius 2 is 2.06 bits per heavy atom. The summed E-state index contributed by atoms with van der Waals surface area (Å²) in [7, 11) is 1.59. The highest BCUT2D eigenvalue weighted by Gasteiger charge is 2.39. The van der Waals surface area contributed by atoms with Crippen LogP contribution in [0.15, 0.2) is 24.3 Å². The van der Waals surface area contributed by atoms with Gasteiger partial charge in [-0.3, -0.25) is 9.59 Å². The Hall–Kier alpha value is -2.04. The van der Waals surface area contributed by atoms with Gasteiger partial charge in [0.2, 0.25) is 11.8 Å². The Morgan fingerprint density at radius 3 is 2.59 bits per heavy atom. The van der Waals surface area contributed by atoms with E-state index in [4.69, 9.17) is 10.5 Å². The van der Waals surface area contributed by atoms with Crippen molar-refractivity contribution in [1.29, 1.82) is 0 Å². The highest BCUT2D eigenvalue weighted by Crippen LogP contribution is 2.29. The minimum atomic E-state index is -0.775. The van der Waals surface area contributed by atoms with Crippen LogP contribution in [0, 0.1) is 5.92 Å². The van der Waals surface area contributed by atoms with E-state index in [9.17, 15) is 9.59 Å². The van der Waals surface area contributed by atoms with Gasteiger partial charge in [0.15, 0.2) is 0 Å². The van der Waals surface area contributed by atoms with E-state index in [1.807, 2.05) is 12.1 Å². The number of ether oxygens (including phenoxy) is 1. The lowest BCUT2D eigenvalue weighted by molar-refractivity contribution is -0.131. The number of carbonyl (C=O) groups excluding carboxylic acids is 2. The van der Waals surface area contributed by atoms with Crippen LogP contribution in [0.4, 0.5) is 0 Å².